The zero-order chi connectivity index (χ0) is 20.8. The van der Waals surface area contributed by atoms with Crippen molar-refractivity contribution in [3.63, 3.8) is 0 Å². The summed E-state index contributed by atoms with van der Waals surface area (Å²) in [6.07, 6.45) is 0.100. The Bertz CT molecular complexity index is 733. The van der Waals surface area contributed by atoms with Crippen molar-refractivity contribution in [3.8, 4) is 11.5 Å². The Hall–Kier alpha value is -2.77. The average Bonchev–Trinajstić information content (AvgIpc) is 3.09. The first kappa shape index (κ1) is 21.5. The van der Waals surface area contributed by atoms with E-state index in [0.29, 0.717) is 30.3 Å². The molecule has 0 bridgehead atoms. The highest BCUT2D eigenvalue weighted by Gasteiger charge is 2.38. The summed E-state index contributed by atoms with van der Waals surface area (Å²) in [5, 5.41) is 0. The van der Waals surface area contributed by atoms with Gasteiger partial charge in [-0.3, -0.25) is 14.4 Å². The molecule has 0 N–H and O–H groups in total. The van der Waals surface area contributed by atoms with Gasteiger partial charge in [0, 0.05) is 39.2 Å². The largest absolute Gasteiger partial charge is 0.497 e. The van der Waals surface area contributed by atoms with Crippen molar-refractivity contribution < 1.29 is 23.9 Å². The van der Waals surface area contributed by atoms with Crippen LogP contribution in [0.4, 0.5) is 5.69 Å². The molecule has 0 aliphatic carbocycles. The van der Waals surface area contributed by atoms with E-state index < -0.39 is 5.92 Å². The van der Waals surface area contributed by atoms with Gasteiger partial charge in [-0.1, -0.05) is 0 Å². The van der Waals surface area contributed by atoms with E-state index in [2.05, 4.69) is 0 Å². The molecule has 1 aromatic rings. The number of hydrogen-bond acceptors (Lipinski definition) is 5. The number of carbonyl (C=O) groups excluding carboxylic acids is 3. The first-order chi connectivity index (χ1) is 13.4. The van der Waals surface area contributed by atoms with Crippen molar-refractivity contribution in [1.29, 1.82) is 0 Å². The average molecular weight is 391 g/mol. The monoisotopic (exact) mass is 391 g/mol. The number of amides is 3. The number of rotatable bonds is 8. The second-order valence-electron chi connectivity index (χ2n) is 6.70. The van der Waals surface area contributed by atoms with Crippen LogP contribution in [-0.2, 0) is 14.4 Å². The van der Waals surface area contributed by atoms with E-state index in [4.69, 9.17) is 9.47 Å². The molecule has 2 rings (SSSR count). The second-order valence-corrected chi connectivity index (χ2v) is 6.70. The maximum Gasteiger partial charge on any atom is 0.242 e. The lowest BCUT2D eigenvalue weighted by atomic mass is 10.1. The molecule has 1 aliphatic heterocycles. The molecule has 0 spiro atoms. The predicted molar refractivity (Wildman–Crippen MR) is 106 cm³/mol. The Balaban J connectivity index is 2.12. The molecule has 1 aliphatic rings. The fourth-order valence-corrected chi connectivity index (χ4v) is 3.38. The lowest BCUT2D eigenvalue weighted by Crippen LogP contribution is -2.43. The summed E-state index contributed by atoms with van der Waals surface area (Å²) in [5.74, 6) is 0.161. The second kappa shape index (κ2) is 9.43. The topological polar surface area (TPSA) is 79.4 Å². The van der Waals surface area contributed by atoms with Gasteiger partial charge < -0.3 is 24.2 Å². The van der Waals surface area contributed by atoms with Crippen LogP contribution in [0.15, 0.2) is 18.2 Å². The Kier molecular flexibility index (Phi) is 7.25. The molecular formula is C20H29N3O5. The summed E-state index contributed by atoms with van der Waals surface area (Å²) < 4.78 is 10.6. The van der Waals surface area contributed by atoms with E-state index in [1.165, 1.54) is 12.0 Å². The van der Waals surface area contributed by atoms with E-state index in [1.54, 1.807) is 42.2 Å². The third-order valence-corrected chi connectivity index (χ3v) is 5.02. The number of ether oxygens (including phenoxy) is 2. The van der Waals surface area contributed by atoms with Crippen LogP contribution in [0.3, 0.4) is 0 Å². The van der Waals surface area contributed by atoms with Gasteiger partial charge in [-0.05, 0) is 26.0 Å². The summed E-state index contributed by atoms with van der Waals surface area (Å²) in [5.41, 5.74) is 0.573. The van der Waals surface area contributed by atoms with Crippen LogP contribution >= 0.6 is 0 Å². The molecule has 1 fully saturated rings. The van der Waals surface area contributed by atoms with Gasteiger partial charge in [0.1, 0.15) is 11.5 Å². The van der Waals surface area contributed by atoms with Gasteiger partial charge in [0.2, 0.25) is 17.7 Å². The molecule has 8 heteroatoms. The van der Waals surface area contributed by atoms with E-state index in [9.17, 15) is 14.4 Å². The van der Waals surface area contributed by atoms with Crippen molar-refractivity contribution in [2.45, 2.75) is 20.3 Å². The van der Waals surface area contributed by atoms with Crippen molar-refractivity contribution in [2.24, 2.45) is 5.92 Å². The molecule has 1 aromatic carbocycles. The van der Waals surface area contributed by atoms with E-state index in [0.717, 1.165) is 0 Å². The summed E-state index contributed by atoms with van der Waals surface area (Å²) >= 11 is 0. The molecule has 1 heterocycles. The van der Waals surface area contributed by atoms with Crippen LogP contribution in [0.1, 0.15) is 20.3 Å². The predicted octanol–water partition coefficient (Wildman–Crippen LogP) is 1.38. The Morgan fingerprint density at radius 3 is 2.43 bits per heavy atom. The van der Waals surface area contributed by atoms with Gasteiger partial charge in [0.05, 0.1) is 32.4 Å². The molecule has 0 saturated carbocycles. The van der Waals surface area contributed by atoms with Gasteiger partial charge in [-0.2, -0.15) is 0 Å². The number of hydrogen-bond donors (Lipinski definition) is 0. The standard InChI is InChI=1S/C20H29N3O5/c1-6-22(7-2)19(25)13-21(3)20(26)14-10-18(24)23(12-14)16-11-15(27-4)8-9-17(16)28-5/h8-9,11,14H,6-7,10,12-13H2,1-5H3. The number of carbonyl (C=O) groups is 3. The number of nitrogens with zero attached hydrogens (tertiary/aromatic N) is 3. The Morgan fingerprint density at radius 1 is 1.18 bits per heavy atom. The summed E-state index contributed by atoms with van der Waals surface area (Å²) in [4.78, 5) is 42.3. The first-order valence-electron chi connectivity index (χ1n) is 9.41. The molecule has 154 valence electrons. The van der Waals surface area contributed by atoms with Crippen molar-refractivity contribution in [3.05, 3.63) is 18.2 Å². The van der Waals surface area contributed by atoms with E-state index >= 15 is 0 Å². The van der Waals surface area contributed by atoms with Gasteiger partial charge in [0.15, 0.2) is 0 Å². The van der Waals surface area contributed by atoms with Gasteiger partial charge in [-0.15, -0.1) is 0 Å². The van der Waals surface area contributed by atoms with Gasteiger partial charge in [0.25, 0.3) is 0 Å². The van der Waals surface area contributed by atoms with Crippen molar-refractivity contribution in [1.82, 2.24) is 9.80 Å². The van der Waals surface area contributed by atoms with Crippen LogP contribution in [-0.4, -0.2) is 75.0 Å². The minimum atomic E-state index is -0.502. The highest BCUT2D eigenvalue weighted by molar-refractivity contribution is 6.01. The zero-order valence-corrected chi connectivity index (χ0v) is 17.2. The summed E-state index contributed by atoms with van der Waals surface area (Å²) in [6.45, 7) is 5.25. The molecule has 28 heavy (non-hydrogen) atoms. The number of anilines is 1. The van der Waals surface area contributed by atoms with Gasteiger partial charge >= 0.3 is 0 Å². The molecule has 8 nitrogen and oxygen atoms in total. The van der Waals surface area contributed by atoms with E-state index in [1.807, 2.05) is 13.8 Å². The smallest absolute Gasteiger partial charge is 0.242 e. The van der Waals surface area contributed by atoms with Crippen LogP contribution < -0.4 is 14.4 Å². The summed E-state index contributed by atoms with van der Waals surface area (Å²) in [6, 6.07) is 5.20. The molecule has 0 radical (unpaired) electrons. The van der Waals surface area contributed by atoms with E-state index in [-0.39, 0.29) is 37.2 Å². The van der Waals surface area contributed by atoms with Crippen molar-refractivity contribution in [2.75, 3.05) is 52.3 Å². The van der Waals surface area contributed by atoms with Crippen LogP contribution in [0.5, 0.6) is 11.5 Å². The van der Waals surface area contributed by atoms with Crippen LogP contribution in [0, 0.1) is 5.92 Å². The maximum atomic E-state index is 12.8. The quantitative estimate of drug-likeness (QED) is 0.669. The zero-order valence-electron chi connectivity index (χ0n) is 17.2. The minimum absolute atomic E-state index is 0.00762. The fourth-order valence-electron chi connectivity index (χ4n) is 3.38. The molecule has 1 atom stereocenters. The molecule has 0 aromatic heterocycles. The van der Waals surface area contributed by atoms with Crippen LogP contribution in [0.2, 0.25) is 0 Å². The maximum absolute atomic E-state index is 12.8. The fraction of sp³-hybridized carbons (Fsp3) is 0.550. The van der Waals surface area contributed by atoms with Gasteiger partial charge in [-0.25, -0.2) is 0 Å². The molecular weight excluding hydrogens is 362 g/mol. The molecule has 1 unspecified atom stereocenters. The number of likely N-dealkylation sites (N-methyl/N-ethyl adjacent to an activating group) is 2. The lowest BCUT2D eigenvalue weighted by molar-refractivity contribution is -0.141. The highest BCUT2D eigenvalue weighted by atomic mass is 16.5. The lowest BCUT2D eigenvalue weighted by Gasteiger charge is -2.25. The van der Waals surface area contributed by atoms with Crippen LogP contribution in [0.25, 0.3) is 0 Å². The Morgan fingerprint density at radius 2 is 1.86 bits per heavy atom. The molecule has 1 saturated heterocycles. The summed E-state index contributed by atoms with van der Waals surface area (Å²) in [7, 11) is 4.68. The number of benzene rings is 1. The first-order valence-corrected chi connectivity index (χ1v) is 9.41. The van der Waals surface area contributed by atoms with Crippen molar-refractivity contribution >= 4 is 23.4 Å². The third-order valence-electron chi connectivity index (χ3n) is 5.02. The minimum Gasteiger partial charge on any atom is -0.497 e. The normalized spacial score (nSPS) is 16.1. The molecule has 3 amide bonds. The number of methoxy groups -OCH3 is 2. The third kappa shape index (κ3) is 4.55. The highest BCUT2D eigenvalue weighted by Crippen LogP contribution is 2.36. The Labute approximate surface area is 166 Å². The SMILES string of the molecule is CCN(CC)C(=O)CN(C)C(=O)C1CC(=O)N(c2cc(OC)ccc2OC)C1.